The SMILES string of the molecule is Cc1cc(C(CN)N2CCC(C)C2)ccc1F. The first kappa shape index (κ1) is 12.5. The minimum absolute atomic E-state index is 0.140. The maximum atomic E-state index is 13.3. The fraction of sp³-hybridized carbons (Fsp3) is 0.571. The van der Waals surface area contributed by atoms with Crippen LogP contribution < -0.4 is 5.73 Å². The Labute approximate surface area is 103 Å². The molecule has 0 aliphatic carbocycles. The van der Waals surface area contributed by atoms with Crippen molar-refractivity contribution < 1.29 is 4.39 Å². The summed E-state index contributed by atoms with van der Waals surface area (Å²) in [4.78, 5) is 2.41. The molecule has 1 aromatic carbocycles. The van der Waals surface area contributed by atoms with Crippen LogP contribution in [0, 0.1) is 18.7 Å². The van der Waals surface area contributed by atoms with E-state index in [1.807, 2.05) is 12.1 Å². The number of halogens is 1. The number of hydrogen-bond acceptors (Lipinski definition) is 2. The number of rotatable bonds is 3. The highest BCUT2D eigenvalue weighted by atomic mass is 19.1. The Morgan fingerprint density at radius 3 is 2.82 bits per heavy atom. The number of likely N-dealkylation sites (tertiary alicyclic amines) is 1. The van der Waals surface area contributed by atoms with E-state index in [1.54, 1.807) is 13.0 Å². The molecule has 1 aliphatic heterocycles. The van der Waals surface area contributed by atoms with Gasteiger partial charge in [-0.1, -0.05) is 19.1 Å². The van der Waals surface area contributed by atoms with Gasteiger partial charge < -0.3 is 5.73 Å². The lowest BCUT2D eigenvalue weighted by molar-refractivity contribution is 0.243. The fourth-order valence-corrected chi connectivity index (χ4v) is 2.62. The third-order valence-electron chi connectivity index (χ3n) is 3.69. The first-order valence-electron chi connectivity index (χ1n) is 6.32. The van der Waals surface area contributed by atoms with Gasteiger partial charge in [0.05, 0.1) is 0 Å². The van der Waals surface area contributed by atoms with Crippen molar-refractivity contribution >= 4 is 0 Å². The van der Waals surface area contributed by atoms with Gasteiger partial charge in [0.1, 0.15) is 5.82 Å². The van der Waals surface area contributed by atoms with Crippen LogP contribution in [-0.4, -0.2) is 24.5 Å². The van der Waals surface area contributed by atoms with Crippen LogP contribution in [0.3, 0.4) is 0 Å². The number of nitrogens with zero attached hydrogens (tertiary/aromatic N) is 1. The van der Waals surface area contributed by atoms with E-state index < -0.39 is 0 Å². The Bertz CT molecular complexity index is 392. The molecule has 3 heteroatoms. The lowest BCUT2D eigenvalue weighted by Gasteiger charge is -2.27. The van der Waals surface area contributed by atoms with Gasteiger partial charge in [0.2, 0.25) is 0 Å². The molecule has 1 aliphatic rings. The van der Waals surface area contributed by atoms with Crippen molar-refractivity contribution in [2.24, 2.45) is 11.7 Å². The summed E-state index contributed by atoms with van der Waals surface area (Å²) in [6.45, 7) is 6.86. The van der Waals surface area contributed by atoms with Gasteiger partial charge in [0, 0.05) is 19.1 Å². The molecule has 0 amide bonds. The predicted octanol–water partition coefficient (Wildman–Crippen LogP) is 2.48. The predicted molar refractivity (Wildman–Crippen MR) is 68.3 cm³/mol. The van der Waals surface area contributed by atoms with Gasteiger partial charge in [-0.25, -0.2) is 4.39 Å². The van der Waals surface area contributed by atoms with Crippen molar-refractivity contribution in [2.45, 2.75) is 26.3 Å². The summed E-state index contributed by atoms with van der Waals surface area (Å²) in [7, 11) is 0. The van der Waals surface area contributed by atoms with Crippen molar-refractivity contribution in [3.8, 4) is 0 Å². The lowest BCUT2D eigenvalue weighted by Crippen LogP contribution is -2.32. The van der Waals surface area contributed by atoms with E-state index in [2.05, 4.69) is 11.8 Å². The van der Waals surface area contributed by atoms with Gasteiger partial charge in [-0.2, -0.15) is 0 Å². The zero-order chi connectivity index (χ0) is 12.4. The Balaban J connectivity index is 2.20. The number of hydrogen-bond donors (Lipinski definition) is 1. The molecule has 2 N–H and O–H groups in total. The highest BCUT2D eigenvalue weighted by molar-refractivity contribution is 5.27. The molecule has 2 nitrogen and oxygen atoms in total. The summed E-state index contributed by atoms with van der Waals surface area (Å²) in [5.74, 6) is 0.602. The summed E-state index contributed by atoms with van der Waals surface area (Å²) < 4.78 is 13.3. The van der Waals surface area contributed by atoms with Gasteiger partial charge in [-0.05, 0) is 43.0 Å². The van der Waals surface area contributed by atoms with Crippen LogP contribution in [-0.2, 0) is 0 Å². The first-order valence-corrected chi connectivity index (χ1v) is 6.32. The van der Waals surface area contributed by atoms with Crippen LogP contribution >= 0.6 is 0 Å². The minimum Gasteiger partial charge on any atom is -0.329 e. The van der Waals surface area contributed by atoms with Gasteiger partial charge >= 0.3 is 0 Å². The van der Waals surface area contributed by atoms with Crippen molar-refractivity contribution in [1.29, 1.82) is 0 Å². The Hall–Kier alpha value is -0.930. The Kier molecular flexibility index (Phi) is 3.79. The number of aryl methyl sites for hydroxylation is 1. The van der Waals surface area contributed by atoms with Gasteiger partial charge in [0.15, 0.2) is 0 Å². The van der Waals surface area contributed by atoms with Crippen molar-refractivity contribution in [1.82, 2.24) is 4.90 Å². The average molecular weight is 236 g/mol. The van der Waals surface area contributed by atoms with Crippen LogP contribution in [0.15, 0.2) is 18.2 Å². The van der Waals surface area contributed by atoms with E-state index in [0.29, 0.717) is 12.1 Å². The van der Waals surface area contributed by atoms with E-state index in [9.17, 15) is 4.39 Å². The Morgan fingerprint density at radius 1 is 1.53 bits per heavy atom. The lowest BCUT2D eigenvalue weighted by atomic mass is 10.0. The van der Waals surface area contributed by atoms with Gasteiger partial charge in [-0.15, -0.1) is 0 Å². The highest BCUT2D eigenvalue weighted by Crippen LogP contribution is 2.27. The molecule has 0 bridgehead atoms. The average Bonchev–Trinajstić information content (AvgIpc) is 2.71. The topological polar surface area (TPSA) is 29.3 Å². The monoisotopic (exact) mass is 236 g/mol. The maximum Gasteiger partial charge on any atom is 0.126 e. The van der Waals surface area contributed by atoms with E-state index in [4.69, 9.17) is 5.73 Å². The quantitative estimate of drug-likeness (QED) is 0.873. The molecule has 2 atom stereocenters. The summed E-state index contributed by atoms with van der Waals surface area (Å²) in [6.07, 6.45) is 1.23. The van der Waals surface area contributed by atoms with E-state index >= 15 is 0 Å². The normalized spacial score (nSPS) is 22.9. The van der Waals surface area contributed by atoms with E-state index in [0.717, 1.165) is 24.6 Å². The second-order valence-corrected chi connectivity index (χ2v) is 5.15. The second kappa shape index (κ2) is 5.15. The third kappa shape index (κ3) is 2.67. The zero-order valence-corrected chi connectivity index (χ0v) is 10.6. The van der Waals surface area contributed by atoms with Gasteiger partial charge in [-0.3, -0.25) is 4.90 Å². The van der Waals surface area contributed by atoms with E-state index in [1.165, 1.54) is 6.42 Å². The van der Waals surface area contributed by atoms with Crippen molar-refractivity contribution in [3.63, 3.8) is 0 Å². The minimum atomic E-state index is -0.140. The summed E-state index contributed by atoms with van der Waals surface area (Å²) >= 11 is 0. The molecule has 1 heterocycles. The summed E-state index contributed by atoms with van der Waals surface area (Å²) in [5.41, 5.74) is 7.72. The first-order chi connectivity index (χ1) is 8.11. The molecular weight excluding hydrogens is 215 g/mol. The Morgan fingerprint density at radius 2 is 2.29 bits per heavy atom. The third-order valence-corrected chi connectivity index (χ3v) is 3.69. The smallest absolute Gasteiger partial charge is 0.126 e. The molecule has 0 spiro atoms. The van der Waals surface area contributed by atoms with Crippen molar-refractivity contribution in [2.75, 3.05) is 19.6 Å². The van der Waals surface area contributed by atoms with Crippen LogP contribution in [0.4, 0.5) is 4.39 Å². The molecule has 17 heavy (non-hydrogen) atoms. The summed E-state index contributed by atoms with van der Waals surface area (Å²) in [6, 6.07) is 5.57. The number of nitrogens with two attached hydrogens (primary N) is 1. The molecular formula is C14H21FN2. The highest BCUT2D eigenvalue weighted by Gasteiger charge is 2.26. The molecule has 94 valence electrons. The zero-order valence-electron chi connectivity index (χ0n) is 10.6. The molecule has 0 saturated carbocycles. The molecule has 0 radical (unpaired) electrons. The molecule has 2 unspecified atom stereocenters. The van der Waals surface area contributed by atoms with Crippen LogP contribution in [0.2, 0.25) is 0 Å². The molecule has 1 fully saturated rings. The van der Waals surface area contributed by atoms with Crippen LogP contribution in [0.1, 0.15) is 30.5 Å². The molecule has 1 aromatic rings. The molecule has 0 aromatic heterocycles. The standard InChI is InChI=1S/C14H21FN2/c1-10-5-6-17(9-10)14(8-16)12-3-4-13(15)11(2)7-12/h3-4,7,10,14H,5-6,8-9,16H2,1-2H3. The second-order valence-electron chi connectivity index (χ2n) is 5.15. The molecule has 2 rings (SSSR count). The number of benzene rings is 1. The van der Waals surface area contributed by atoms with Crippen molar-refractivity contribution in [3.05, 3.63) is 35.1 Å². The fourth-order valence-electron chi connectivity index (χ4n) is 2.62. The largest absolute Gasteiger partial charge is 0.329 e. The molecule has 1 saturated heterocycles. The van der Waals surface area contributed by atoms with E-state index in [-0.39, 0.29) is 11.9 Å². The van der Waals surface area contributed by atoms with Gasteiger partial charge in [0.25, 0.3) is 0 Å². The van der Waals surface area contributed by atoms with Crippen LogP contribution in [0.5, 0.6) is 0 Å². The maximum absolute atomic E-state index is 13.3. The summed E-state index contributed by atoms with van der Waals surface area (Å²) in [5, 5.41) is 0. The van der Waals surface area contributed by atoms with Crippen LogP contribution in [0.25, 0.3) is 0 Å².